The van der Waals surface area contributed by atoms with Crippen molar-refractivity contribution in [2.75, 3.05) is 12.4 Å². The molecule has 2 atom stereocenters. The third-order valence-electron chi connectivity index (χ3n) is 4.22. The molecule has 3 rings (SSSR count). The van der Waals surface area contributed by atoms with E-state index in [1.54, 1.807) is 43.6 Å². The fourth-order valence-electron chi connectivity index (χ4n) is 2.72. The summed E-state index contributed by atoms with van der Waals surface area (Å²) < 4.78 is 0. The maximum Gasteiger partial charge on any atom is 0.326 e. The predicted octanol–water partition coefficient (Wildman–Crippen LogP) is 3.88. The van der Waals surface area contributed by atoms with Gasteiger partial charge in [0.1, 0.15) is 6.04 Å². The van der Waals surface area contributed by atoms with Crippen LogP contribution in [-0.4, -0.2) is 45.4 Å². The van der Waals surface area contributed by atoms with E-state index in [1.165, 1.54) is 11.3 Å². The van der Waals surface area contributed by atoms with Crippen molar-refractivity contribution in [3.05, 3.63) is 52.0 Å². The lowest BCUT2D eigenvalue weighted by Gasteiger charge is -2.19. The molecular weight excluding hydrogens is 435 g/mol. The van der Waals surface area contributed by atoms with Crippen LogP contribution in [0.4, 0.5) is 5.95 Å². The van der Waals surface area contributed by atoms with Crippen molar-refractivity contribution in [3.8, 4) is 10.6 Å². The molecule has 0 aromatic carbocycles. The summed E-state index contributed by atoms with van der Waals surface area (Å²) in [7, 11) is 1.72. The van der Waals surface area contributed by atoms with Gasteiger partial charge in [-0.1, -0.05) is 23.8 Å². The first kappa shape index (κ1) is 21.3. The Balaban J connectivity index is 1.72. The molecule has 0 aliphatic heterocycles. The van der Waals surface area contributed by atoms with Gasteiger partial charge in [-0.25, -0.2) is 14.8 Å². The molecule has 0 saturated heterocycles. The number of aromatic nitrogens is 2. The topological polar surface area (TPSA) is 104 Å². The summed E-state index contributed by atoms with van der Waals surface area (Å²) in [6.07, 6.45) is 5.61. The number of carboxylic acid groups (broad SMARTS) is 1. The molecule has 7 nitrogen and oxygen atoms in total. The van der Waals surface area contributed by atoms with Crippen LogP contribution in [-0.2, 0) is 4.79 Å². The van der Waals surface area contributed by atoms with Gasteiger partial charge in [0.2, 0.25) is 5.95 Å². The first-order valence-electron chi connectivity index (χ1n) is 8.72. The number of hydrogen-bond acceptors (Lipinski definition) is 6. The van der Waals surface area contributed by atoms with Gasteiger partial charge in [-0.05, 0) is 23.8 Å². The lowest BCUT2D eigenvalue weighted by molar-refractivity contribution is -0.139. The van der Waals surface area contributed by atoms with Crippen LogP contribution < -0.4 is 10.6 Å². The van der Waals surface area contributed by atoms with Gasteiger partial charge in [-0.15, -0.1) is 22.9 Å². The fraction of sp³-hybridized carbons (Fsp3) is 0.263. The van der Waals surface area contributed by atoms with Gasteiger partial charge < -0.3 is 15.7 Å². The zero-order valence-corrected chi connectivity index (χ0v) is 17.7. The predicted molar refractivity (Wildman–Crippen MR) is 115 cm³/mol. The molecule has 3 N–H and O–H groups in total. The Hall–Kier alpha value is -2.42. The van der Waals surface area contributed by atoms with Crippen molar-refractivity contribution >= 4 is 52.4 Å². The second-order valence-corrected chi connectivity index (χ2v) is 8.36. The van der Waals surface area contributed by atoms with Gasteiger partial charge in [-0.3, -0.25) is 4.79 Å². The minimum Gasteiger partial charge on any atom is -0.480 e. The van der Waals surface area contributed by atoms with Crippen LogP contribution in [0.5, 0.6) is 0 Å². The average Bonchev–Trinajstić information content (AvgIpc) is 3.19. The molecule has 1 amide bonds. The van der Waals surface area contributed by atoms with Gasteiger partial charge in [0.05, 0.1) is 20.8 Å². The quantitative estimate of drug-likeness (QED) is 0.550. The number of thiophene rings is 1. The Morgan fingerprint density at radius 3 is 2.86 bits per heavy atom. The van der Waals surface area contributed by atoms with Gasteiger partial charge in [-0.2, -0.15) is 0 Å². The summed E-state index contributed by atoms with van der Waals surface area (Å²) in [4.78, 5) is 33.8. The number of anilines is 1. The second-order valence-electron chi connectivity index (χ2n) is 6.26. The van der Waals surface area contributed by atoms with Crippen LogP contribution in [0.25, 0.3) is 10.6 Å². The zero-order chi connectivity index (χ0) is 21.0. The number of carboxylic acids is 1. The molecule has 0 spiro atoms. The third kappa shape index (κ3) is 5.35. The van der Waals surface area contributed by atoms with Gasteiger partial charge in [0.15, 0.2) is 0 Å². The van der Waals surface area contributed by atoms with Crippen LogP contribution in [0.15, 0.2) is 47.2 Å². The highest BCUT2D eigenvalue weighted by Gasteiger charge is 2.25. The van der Waals surface area contributed by atoms with E-state index < -0.39 is 17.9 Å². The van der Waals surface area contributed by atoms with E-state index in [9.17, 15) is 14.7 Å². The molecule has 1 aliphatic rings. The summed E-state index contributed by atoms with van der Waals surface area (Å²) in [5.41, 5.74) is 1.33. The number of halogens is 2. The SMILES string of the molecule is CNc1nccc(-c2ccc(C(=O)N[C@@H](CC3=C(Cl)CC(Cl)C=C3)C(=O)O)s2)n1. The maximum atomic E-state index is 12.6. The van der Waals surface area contributed by atoms with E-state index in [2.05, 4.69) is 20.6 Å². The third-order valence-corrected chi connectivity index (χ3v) is 6.02. The molecule has 2 aromatic heterocycles. The van der Waals surface area contributed by atoms with E-state index in [4.69, 9.17) is 23.2 Å². The number of nitrogens with one attached hydrogen (secondary N) is 2. The summed E-state index contributed by atoms with van der Waals surface area (Å²) >= 11 is 13.4. The number of aliphatic carboxylic acids is 1. The molecule has 152 valence electrons. The van der Waals surface area contributed by atoms with Crippen LogP contribution in [0.1, 0.15) is 22.5 Å². The minimum atomic E-state index is -1.14. The summed E-state index contributed by atoms with van der Waals surface area (Å²) in [6.45, 7) is 0. The Bertz CT molecular complexity index is 989. The smallest absolute Gasteiger partial charge is 0.326 e. The number of carbonyl (C=O) groups is 2. The molecule has 0 fully saturated rings. The second kappa shape index (κ2) is 9.39. The van der Waals surface area contributed by atoms with Crippen molar-refractivity contribution in [1.29, 1.82) is 0 Å². The highest BCUT2D eigenvalue weighted by atomic mass is 35.5. The fourth-order valence-corrected chi connectivity index (χ4v) is 4.21. The van der Waals surface area contributed by atoms with Crippen LogP contribution in [0, 0.1) is 0 Å². The summed E-state index contributed by atoms with van der Waals surface area (Å²) in [5, 5.41) is 15.3. The number of rotatable bonds is 7. The minimum absolute atomic E-state index is 0.0791. The number of allylic oxidation sites excluding steroid dienone is 3. The highest BCUT2D eigenvalue weighted by molar-refractivity contribution is 7.17. The van der Waals surface area contributed by atoms with Gasteiger partial charge in [0, 0.05) is 31.1 Å². The Morgan fingerprint density at radius 2 is 2.17 bits per heavy atom. The number of alkyl halides is 1. The summed E-state index contributed by atoms with van der Waals surface area (Å²) in [6, 6.07) is 4.03. The largest absolute Gasteiger partial charge is 0.480 e. The van der Waals surface area contributed by atoms with E-state index in [-0.39, 0.29) is 11.8 Å². The van der Waals surface area contributed by atoms with Crippen LogP contribution in [0.3, 0.4) is 0 Å². The molecule has 10 heteroatoms. The Morgan fingerprint density at radius 1 is 1.38 bits per heavy atom. The van der Waals surface area contributed by atoms with Gasteiger partial charge in [0.25, 0.3) is 5.91 Å². The Kier molecular flexibility index (Phi) is 6.89. The molecular formula is C19H18Cl2N4O3S. The van der Waals surface area contributed by atoms with E-state index in [1.807, 2.05) is 0 Å². The van der Waals surface area contributed by atoms with Crippen molar-refractivity contribution in [1.82, 2.24) is 15.3 Å². The first-order valence-corrected chi connectivity index (χ1v) is 10.3. The molecule has 0 saturated carbocycles. The van der Waals surface area contributed by atoms with E-state index in [0.29, 0.717) is 33.5 Å². The molecule has 1 aliphatic carbocycles. The van der Waals surface area contributed by atoms with E-state index in [0.717, 1.165) is 4.88 Å². The van der Waals surface area contributed by atoms with Crippen LogP contribution >= 0.6 is 34.5 Å². The maximum absolute atomic E-state index is 12.6. The average molecular weight is 453 g/mol. The molecule has 29 heavy (non-hydrogen) atoms. The monoisotopic (exact) mass is 452 g/mol. The molecule has 0 radical (unpaired) electrons. The lowest BCUT2D eigenvalue weighted by Crippen LogP contribution is -2.40. The normalized spacial score (nSPS) is 17.1. The molecule has 0 bridgehead atoms. The number of amides is 1. The van der Waals surface area contributed by atoms with Crippen molar-refractivity contribution in [3.63, 3.8) is 0 Å². The van der Waals surface area contributed by atoms with Crippen molar-refractivity contribution in [2.24, 2.45) is 0 Å². The van der Waals surface area contributed by atoms with Crippen molar-refractivity contribution < 1.29 is 14.7 Å². The van der Waals surface area contributed by atoms with E-state index >= 15 is 0 Å². The molecule has 2 aromatic rings. The molecule has 1 unspecified atom stereocenters. The highest BCUT2D eigenvalue weighted by Crippen LogP contribution is 2.29. The van der Waals surface area contributed by atoms with Crippen molar-refractivity contribution in [2.45, 2.75) is 24.3 Å². The molecule has 2 heterocycles. The standard InChI is InChI=1S/C19H18Cl2N4O3S/c1-22-19-23-7-6-13(25-19)15-4-5-16(29-15)17(26)24-14(18(27)28)8-10-2-3-11(20)9-12(10)21/h2-7,11,14H,8-9H2,1H3,(H,24,26)(H,27,28)(H,22,23,25)/t11?,14-/m0/s1. The van der Waals surface area contributed by atoms with Gasteiger partial charge >= 0.3 is 5.97 Å². The number of hydrogen-bond donors (Lipinski definition) is 3. The lowest BCUT2D eigenvalue weighted by atomic mass is 9.99. The number of carbonyl (C=O) groups excluding carboxylic acids is 1. The first-order chi connectivity index (χ1) is 13.9. The Labute approximate surface area is 181 Å². The zero-order valence-electron chi connectivity index (χ0n) is 15.4. The number of nitrogens with zero attached hydrogens (tertiary/aromatic N) is 2. The van der Waals surface area contributed by atoms with Crippen LogP contribution in [0.2, 0.25) is 0 Å². The summed E-state index contributed by atoms with van der Waals surface area (Å²) in [5.74, 6) is -1.14.